The smallest absolute Gasteiger partial charge is 0.268 e. The first kappa shape index (κ1) is 31.5. The molecule has 0 amide bonds. The summed E-state index contributed by atoms with van der Waals surface area (Å²) in [5.74, 6) is 1.52. The molecule has 8 aromatic carbocycles. The Kier molecular flexibility index (Phi) is 8.23. The van der Waals surface area contributed by atoms with Crippen molar-refractivity contribution in [1.82, 2.24) is 14.1 Å². The van der Waals surface area contributed by atoms with Crippen LogP contribution in [0.3, 0.4) is 0 Å². The van der Waals surface area contributed by atoms with Crippen LogP contribution in [0.4, 0.5) is 0 Å². The molecule has 0 N–H and O–H groups in total. The number of imidazole rings is 1. The van der Waals surface area contributed by atoms with Gasteiger partial charge in [0.25, 0.3) is 6.33 Å². The number of benzene rings is 8. The maximum atomic E-state index is 9.03. The molecule has 0 aliphatic carbocycles. The van der Waals surface area contributed by atoms with Gasteiger partial charge in [0.1, 0.15) is 5.82 Å². The monoisotopic (exact) mass is 1030 g/mol. The fourth-order valence-corrected chi connectivity index (χ4v) is 8.40. The van der Waals surface area contributed by atoms with Gasteiger partial charge in [-0.3, -0.25) is 4.57 Å². The minimum Gasteiger partial charge on any atom is -0.510 e. The Bertz CT molecular complexity index is 4000. The summed E-state index contributed by atoms with van der Waals surface area (Å²) in [5, 5.41) is 2.00. The van der Waals surface area contributed by atoms with Crippen molar-refractivity contribution in [2.45, 2.75) is 33.1 Å². The van der Waals surface area contributed by atoms with E-state index in [9.17, 15) is 0 Å². The molecule has 0 bridgehead atoms. The Labute approximate surface area is 408 Å². The van der Waals surface area contributed by atoms with Gasteiger partial charge in [0.05, 0.1) is 30.4 Å². The largest absolute Gasteiger partial charge is 0.510 e. The Morgan fingerprint density at radius 2 is 1.29 bits per heavy atom. The van der Waals surface area contributed by atoms with Gasteiger partial charge < -0.3 is 13.9 Å². The number of ether oxygens (including phenoxy) is 1. The fraction of sp³-hybridized carbons (Fsp3) is 0.0847. The van der Waals surface area contributed by atoms with Crippen LogP contribution in [0.1, 0.15) is 45.6 Å². The second-order valence-corrected chi connectivity index (χ2v) is 16.6. The average molecular weight is 1030 g/mol. The van der Waals surface area contributed by atoms with E-state index >= 15 is 0 Å². The van der Waals surface area contributed by atoms with Crippen LogP contribution >= 0.6 is 0 Å². The molecule has 0 aliphatic rings. The van der Waals surface area contributed by atoms with E-state index in [1.165, 1.54) is 5.56 Å². The van der Waals surface area contributed by atoms with E-state index in [0.29, 0.717) is 28.2 Å². The number of aryl methyl sites for hydroxylation is 1. The second kappa shape index (κ2) is 17.0. The minimum absolute atomic E-state index is 0. The number of hydrogen-bond donors (Lipinski definition) is 0. The summed E-state index contributed by atoms with van der Waals surface area (Å²) < 4.78 is 99.2. The zero-order valence-corrected chi connectivity index (χ0v) is 38.0. The number of rotatable bonds is 8. The number of hydrogen-bond acceptors (Lipinski definition) is 2. The van der Waals surface area contributed by atoms with E-state index in [1.807, 2.05) is 66.9 Å². The summed E-state index contributed by atoms with van der Waals surface area (Å²) in [5.41, 5.74) is 7.95. The Hall–Kier alpha value is -7.33. The fourth-order valence-electron chi connectivity index (χ4n) is 8.40. The number of nitrogens with zero attached hydrogens (tertiary/aromatic N) is 4. The van der Waals surface area contributed by atoms with Crippen LogP contribution in [0.2, 0.25) is 0 Å². The van der Waals surface area contributed by atoms with Crippen molar-refractivity contribution in [3.05, 3.63) is 224 Å². The van der Waals surface area contributed by atoms with Gasteiger partial charge in [-0.2, -0.15) is 18.2 Å². The molecule has 6 heteroatoms. The van der Waals surface area contributed by atoms with Crippen LogP contribution in [-0.4, -0.2) is 14.1 Å². The molecular weight excluding hydrogens is 976 g/mol. The number of para-hydroxylation sites is 3. The average Bonchev–Trinajstić information content (AvgIpc) is 3.95. The molecule has 3 heterocycles. The van der Waals surface area contributed by atoms with Crippen molar-refractivity contribution in [2.75, 3.05) is 0 Å². The minimum atomic E-state index is -0.573. The van der Waals surface area contributed by atoms with Gasteiger partial charge in [0.15, 0.2) is 0 Å². The standard InChI is InChI=1S/C59H44N4O.Pt/c1-40-17-11-12-24-48(40)43-29-32-53-52(35-43)51-31-30-47(38-56(51)63(53)57-36-44(33-34-60-57)59(2,3)4)64-46-23-15-22-45(37-46)61-39-62(55-28-14-13-27-54(55)61)58-49(41-18-7-5-8-19-41)25-16-26-50(58)42-20-9-6-10-21-42;/h5-36H,1-4H3;/q-2;/i5D,6D,7D,8D,9D,10D,18D,19D,20D,21D;. The molecular formula is C59H44N4OPt-2. The van der Waals surface area contributed by atoms with Crippen molar-refractivity contribution < 1.29 is 44.1 Å². The quantitative estimate of drug-likeness (QED) is 0.112. The second-order valence-electron chi connectivity index (χ2n) is 16.6. The molecule has 0 unspecified atom stereocenters. The zero-order valence-electron chi connectivity index (χ0n) is 45.7. The van der Waals surface area contributed by atoms with Crippen LogP contribution in [0.5, 0.6) is 11.5 Å². The molecule has 5 nitrogen and oxygen atoms in total. The molecule has 11 rings (SSSR count). The third-order valence-electron chi connectivity index (χ3n) is 11.5. The SMILES string of the molecule is [2H]c1c([2H])c([2H])c(-c2cccc(-c3c([2H])c([2H])c([2H])c([2H])c3[2H])c2-[n+]2[c-]n(-c3[c-]c(Oc4[c-]c5c(cc4)c4cc(-c6ccccc6C)ccc4n5-c4cc(C(C)(C)C)ccn4)ccc3)c3ccccc32)c([2H])c1[2H].[Pt]. The first-order valence-electron chi connectivity index (χ1n) is 25.9. The van der Waals surface area contributed by atoms with Gasteiger partial charge in [-0.1, -0.05) is 166 Å². The van der Waals surface area contributed by atoms with Gasteiger partial charge >= 0.3 is 0 Å². The summed E-state index contributed by atoms with van der Waals surface area (Å²) in [6.07, 6.45) is 5.25. The van der Waals surface area contributed by atoms with E-state index in [1.54, 1.807) is 39.5 Å². The molecule has 11 aromatic rings. The summed E-state index contributed by atoms with van der Waals surface area (Å²) in [4.78, 5) is 4.88. The Morgan fingerprint density at radius 1 is 0.615 bits per heavy atom. The number of aromatic nitrogens is 4. The molecule has 3 aromatic heterocycles. The third kappa shape index (κ3) is 7.66. The van der Waals surface area contributed by atoms with Crippen LogP contribution in [0.25, 0.3) is 83.4 Å². The Morgan fingerprint density at radius 3 is 2.03 bits per heavy atom. The summed E-state index contributed by atoms with van der Waals surface area (Å²) in [6, 6.07) is 42.1. The first-order valence-corrected chi connectivity index (χ1v) is 20.9. The molecule has 0 fully saturated rings. The topological polar surface area (TPSA) is 35.9 Å². The van der Waals surface area contributed by atoms with Gasteiger partial charge in [0.2, 0.25) is 0 Å². The number of pyridine rings is 1. The molecule has 0 saturated carbocycles. The molecule has 318 valence electrons. The third-order valence-corrected chi connectivity index (χ3v) is 11.5. The van der Waals surface area contributed by atoms with E-state index in [2.05, 4.69) is 87.1 Å². The van der Waals surface area contributed by atoms with Crippen molar-refractivity contribution in [3.63, 3.8) is 0 Å². The van der Waals surface area contributed by atoms with Gasteiger partial charge in [0, 0.05) is 44.3 Å². The van der Waals surface area contributed by atoms with Crippen molar-refractivity contribution >= 4 is 32.8 Å². The predicted octanol–water partition coefficient (Wildman–Crippen LogP) is 14.2. The van der Waals surface area contributed by atoms with Crippen molar-refractivity contribution in [1.29, 1.82) is 0 Å². The molecule has 0 radical (unpaired) electrons. The van der Waals surface area contributed by atoms with E-state index in [4.69, 9.17) is 23.4 Å². The molecule has 0 atom stereocenters. The van der Waals surface area contributed by atoms with Crippen molar-refractivity contribution in [2.24, 2.45) is 0 Å². The van der Waals surface area contributed by atoms with Crippen LogP contribution < -0.4 is 9.30 Å². The van der Waals surface area contributed by atoms with E-state index in [0.717, 1.165) is 44.3 Å². The molecule has 0 aliphatic heterocycles. The maximum Gasteiger partial charge on any atom is 0.268 e. The van der Waals surface area contributed by atoms with Gasteiger partial charge in [-0.25, -0.2) is 4.98 Å². The van der Waals surface area contributed by atoms with Crippen LogP contribution in [0, 0.1) is 25.4 Å². The van der Waals surface area contributed by atoms with E-state index in [-0.39, 0.29) is 54.4 Å². The van der Waals surface area contributed by atoms with Crippen molar-refractivity contribution in [3.8, 4) is 62.1 Å². The summed E-state index contributed by atoms with van der Waals surface area (Å²) >= 11 is 0. The summed E-state index contributed by atoms with van der Waals surface area (Å²) in [6.45, 7) is 8.64. The molecule has 0 spiro atoms. The summed E-state index contributed by atoms with van der Waals surface area (Å²) in [7, 11) is 0. The maximum absolute atomic E-state index is 9.03. The molecule has 65 heavy (non-hydrogen) atoms. The normalized spacial score (nSPS) is 13.7. The first-order chi connectivity index (χ1) is 35.4. The van der Waals surface area contributed by atoms with Gasteiger partial charge in [-0.15, -0.1) is 29.7 Å². The number of fused-ring (bicyclic) bond motifs is 4. The van der Waals surface area contributed by atoms with Crippen LogP contribution in [-0.2, 0) is 26.5 Å². The Balaban J connectivity index is 0.00000641. The zero-order chi connectivity index (χ0) is 52.1. The molecule has 0 saturated heterocycles. The van der Waals surface area contributed by atoms with E-state index < -0.39 is 60.4 Å². The van der Waals surface area contributed by atoms with Crippen LogP contribution in [0.15, 0.2) is 194 Å². The van der Waals surface area contributed by atoms with Gasteiger partial charge in [-0.05, 0) is 86.1 Å². The predicted molar refractivity (Wildman–Crippen MR) is 260 cm³/mol.